The maximum absolute atomic E-state index is 13.3. The van der Waals surface area contributed by atoms with Crippen molar-refractivity contribution in [3.8, 4) is 11.7 Å². The topological polar surface area (TPSA) is 89.3 Å². The molecule has 1 saturated carbocycles. The SMILES string of the molecule is C[C@@H]1CN(c2nc(-n3ccc(OCC4(C(F)(F)F)CC4)n3)ccc2C(=O)NS(=O)c2ccccc2)C(C)(C)C1. The van der Waals surface area contributed by atoms with Crippen molar-refractivity contribution in [1.82, 2.24) is 19.5 Å². The molecule has 1 N–H and O–H groups in total. The van der Waals surface area contributed by atoms with Gasteiger partial charge in [0.25, 0.3) is 5.91 Å². The summed E-state index contributed by atoms with van der Waals surface area (Å²) < 4.78 is 61.9. The van der Waals surface area contributed by atoms with E-state index >= 15 is 0 Å². The first kappa shape index (κ1) is 27.2. The van der Waals surface area contributed by atoms with Gasteiger partial charge in [-0.1, -0.05) is 25.1 Å². The van der Waals surface area contributed by atoms with E-state index in [1.807, 2.05) is 0 Å². The van der Waals surface area contributed by atoms with E-state index in [0.29, 0.717) is 29.0 Å². The number of halogens is 3. The second kappa shape index (κ2) is 9.96. The Bertz CT molecular complexity index is 1390. The third-order valence-electron chi connectivity index (χ3n) is 7.33. The molecule has 0 bridgehead atoms. The fourth-order valence-electron chi connectivity index (χ4n) is 5.04. The molecule has 3 heterocycles. The third-order valence-corrected chi connectivity index (χ3v) is 8.40. The lowest BCUT2D eigenvalue weighted by Gasteiger charge is -2.34. The van der Waals surface area contributed by atoms with Gasteiger partial charge in [0.15, 0.2) is 16.8 Å². The number of ether oxygens (including phenoxy) is 1. The molecule has 1 aliphatic heterocycles. The minimum absolute atomic E-state index is 0.0464. The molecule has 208 valence electrons. The summed E-state index contributed by atoms with van der Waals surface area (Å²) in [5.41, 5.74) is -1.84. The van der Waals surface area contributed by atoms with Gasteiger partial charge >= 0.3 is 6.18 Å². The van der Waals surface area contributed by atoms with Crippen molar-refractivity contribution >= 4 is 22.7 Å². The summed E-state index contributed by atoms with van der Waals surface area (Å²) in [6.45, 7) is 6.45. The maximum Gasteiger partial charge on any atom is 0.397 e. The average molecular weight is 562 g/mol. The number of benzene rings is 1. The number of pyridine rings is 1. The minimum atomic E-state index is -4.31. The summed E-state index contributed by atoms with van der Waals surface area (Å²) in [5.74, 6) is 0.661. The highest BCUT2D eigenvalue weighted by atomic mass is 32.2. The zero-order valence-electron chi connectivity index (χ0n) is 21.9. The van der Waals surface area contributed by atoms with Crippen LogP contribution in [0.2, 0.25) is 0 Å². The van der Waals surface area contributed by atoms with Crippen molar-refractivity contribution in [2.24, 2.45) is 11.3 Å². The molecule has 1 amide bonds. The number of hydrogen-bond donors (Lipinski definition) is 1. The van der Waals surface area contributed by atoms with Crippen LogP contribution in [0.3, 0.4) is 0 Å². The van der Waals surface area contributed by atoms with Crippen LogP contribution in [0.15, 0.2) is 59.6 Å². The Morgan fingerprint density at radius 3 is 2.49 bits per heavy atom. The molecule has 1 aliphatic carbocycles. The number of hydrogen-bond acceptors (Lipinski definition) is 6. The number of carbonyl (C=O) groups is 1. The van der Waals surface area contributed by atoms with E-state index < -0.39 is 35.1 Å². The maximum atomic E-state index is 13.3. The normalized spacial score (nSPS) is 20.5. The molecule has 2 aliphatic rings. The van der Waals surface area contributed by atoms with Crippen molar-refractivity contribution in [3.05, 3.63) is 60.3 Å². The molecule has 8 nitrogen and oxygen atoms in total. The fraction of sp³-hybridized carbons (Fsp3) is 0.444. The number of amides is 1. The summed E-state index contributed by atoms with van der Waals surface area (Å²) in [6, 6.07) is 13.3. The summed E-state index contributed by atoms with van der Waals surface area (Å²) in [5, 5.41) is 4.27. The number of aromatic nitrogens is 3. The largest absolute Gasteiger partial charge is 0.476 e. The van der Waals surface area contributed by atoms with E-state index in [4.69, 9.17) is 9.72 Å². The molecule has 2 fully saturated rings. The summed E-state index contributed by atoms with van der Waals surface area (Å²) in [6.07, 6.45) is -1.78. The van der Waals surface area contributed by atoms with Gasteiger partial charge in [-0.25, -0.2) is 13.9 Å². The number of nitrogens with one attached hydrogen (secondary N) is 1. The van der Waals surface area contributed by atoms with E-state index in [9.17, 15) is 22.2 Å². The van der Waals surface area contributed by atoms with Crippen LogP contribution in [0.1, 0.15) is 50.4 Å². The second-order valence-corrected chi connectivity index (χ2v) is 12.2. The van der Waals surface area contributed by atoms with E-state index in [2.05, 4.69) is 35.5 Å². The smallest absolute Gasteiger partial charge is 0.397 e. The number of alkyl halides is 3. The first-order valence-electron chi connectivity index (χ1n) is 12.7. The van der Waals surface area contributed by atoms with E-state index in [1.165, 1.54) is 10.7 Å². The quantitative estimate of drug-likeness (QED) is 0.413. The molecule has 0 spiro atoms. The molecule has 1 saturated heterocycles. The number of anilines is 1. The van der Waals surface area contributed by atoms with E-state index in [0.717, 1.165) is 6.42 Å². The Labute approximate surface area is 227 Å². The Hall–Kier alpha value is -3.41. The first-order chi connectivity index (χ1) is 18.4. The van der Waals surface area contributed by atoms with Crippen molar-refractivity contribution < 1.29 is 26.9 Å². The fourth-order valence-corrected chi connectivity index (χ4v) is 5.84. The molecule has 5 rings (SSSR count). The zero-order chi connectivity index (χ0) is 28.0. The Morgan fingerprint density at radius 2 is 1.87 bits per heavy atom. The van der Waals surface area contributed by atoms with Gasteiger partial charge in [0.05, 0.1) is 10.5 Å². The lowest BCUT2D eigenvalue weighted by molar-refractivity contribution is -0.194. The third kappa shape index (κ3) is 5.52. The van der Waals surface area contributed by atoms with Crippen molar-refractivity contribution in [1.29, 1.82) is 0 Å². The van der Waals surface area contributed by atoms with Gasteiger partial charge in [-0.15, -0.1) is 5.10 Å². The Morgan fingerprint density at radius 1 is 1.15 bits per heavy atom. The Kier molecular flexibility index (Phi) is 6.94. The monoisotopic (exact) mass is 561 g/mol. The van der Waals surface area contributed by atoms with Crippen LogP contribution < -0.4 is 14.4 Å². The van der Waals surface area contributed by atoms with Crippen LogP contribution >= 0.6 is 0 Å². The molecule has 39 heavy (non-hydrogen) atoms. The summed E-state index contributed by atoms with van der Waals surface area (Å²) in [4.78, 5) is 20.6. The highest BCUT2D eigenvalue weighted by molar-refractivity contribution is 7.83. The van der Waals surface area contributed by atoms with Gasteiger partial charge in [0.1, 0.15) is 17.8 Å². The van der Waals surface area contributed by atoms with Gasteiger partial charge in [0, 0.05) is 24.3 Å². The summed E-state index contributed by atoms with van der Waals surface area (Å²) >= 11 is 0. The predicted octanol–water partition coefficient (Wildman–Crippen LogP) is 5.07. The first-order valence-corrected chi connectivity index (χ1v) is 13.9. The highest BCUT2D eigenvalue weighted by Gasteiger charge is 2.64. The molecule has 1 aromatic carbocycles. The number of carbonyl (C=O) groups excluding carboxylic acids is 1. The average Bonchev–Trinajstić information content (AvgIpc) is 3.46. The molecule has 1 unspecified atom stereocenters. The molecule has 2 aromatic heterocycles. The van der Waals surface area contributed by atoms with Gasteiger partial charge in [-0.2, -0.15) is 13.2 Å². The Balaban J connectivity index is 1.42. The summed E-state index contributed by atoms with van der Waals surface area (Å²) in [7, 11) is -1.76. The molecular weight excluding hydrogens is 531 g/mol. The van der Waals surface area contributed by atoms with Gasteiger partial charge in [-0.3, -0.25) is 9.52 Å². The standard InChI is InChI=1S/C27H30F3N5O3S/c1-18-15-25(2,3)34(16-18)23-20(24(36)33-39(37)19-7-5-4-6-8-19)9-10-21(31-23)35-14-11-22(32-35)38-17-26(12-13-26)27(28,29)30/h4-11,14,18H,12-13,15-17H2,1-3H3,(H,33,36)/t18-,39?/m0/s1. The van der Waals surface area contributed by atoms with Crippen LogP contribution in [0.4, 0.5) is 19.0 Å². The minimum Gasteiger partial charge on any atom is -0.476 e. The lowest BCUT2D eigenvalue weighted by atomic mass is 9.97. The van der Waals surface area contributed by atoms with Crippen molar-refractivity contribution in [2.75, 3.05) is 18.1 Å². The molecule has 0 radical (unpaired) electrons. The molecular formula is C27H30F3N5O3S. The van der Waals surface area contributed by atoms with Crippen LogP contribution in [0.25, 0.3) is 5.82 Å². The van der Waals surface area contributed by atoms with Gasteiger partial charge in [0.2, 0.25) is 5.88 Å². The second-order valence-electron chi connectivity index (χ2n) is 11.0. The van der Waals surface area contributed by atoms with Crippen LogP contribution in [-0.4, -0.2) is 49.7 Å². The lowest BCUT2D eigenvalue weighted by Crippen LogP contribution is -2.40. The van der Waals surface area contributed by atoms with E-state index in [-0.39, 0.29) is 29.8 Å². The van der Waals surface area contributed by atoms with Gasteiger partial charge < -0.3 is 9.64 Å². The van der Waals surface area contributed by atoms with E-state index in [1.54, 1.807) is 48.7 Å². The molecule has 12 heteroatoms. The predicted molar refractivity (Wildman–Crippen MR) is 140 cm³/mol. The number of rotatable bonds is 8. The van der Waals surface area contributed by atoms with Crippen LogP contribution in [-0.2, 0) is 11.0 Å². The van der Waals surface area contributed by atoms with Crippen LogP contribution in [0.5, 0.6) is 5.88 Å². The zero-order valence-corrected chi connectivity index (χ0v) is 22.7. The molecule has 3 aromatic rings. The van der Waals surface area contributed by atoms with Crippen molar-refractivity contribution in [3.63, 3.8) is 0 Å². The van der Waals surface area contributed by atoms with Gasteiger partial charge in [-0.05, 0) is 63.3 Å². The highest BCUT2D eigenvalue weighted by Crippen LogP contribution is 2.57. The van der Waals surface area contributed by atoms with Crippen molar-refractivity contribution in [2.45, 2.75) is 56.6 Å². The molecule has 2 atom stereocenters. The van der Waals surface area contributed by atoms with Crippen LogP contribution in [0, 0.1) is 11.3 Å². The number of nitrogens with zero attached hydrogens (tertiary/aromatic N) is 4.